The van der Waals surface area contributed by atoms with Gasteiger partial charge in [0.2, 0.25) is 5.91 Å². The highest BCUT2D eigenvalue weighted by molar-refractivity contribution is 5.76. The maximum absolute atomic E-state index is 12.7. The zero-order valence-corrected chi connectivity index (χ0v) is 26.7. The van der Waals surface area contributed by atoms with Gasteiger partial charge in [0, 0.05) is 6.42 Å². The van der Waals surface area contributed by atoms with Gasteiger partial charge in [0.15, 0.2) is 6.29 Å². The maximum atomic E-state index is 12.7. The molecule has 0 aliphatic carbocycles. The van der Waals surface area contributed by atoms with Crippen molar-refractivity contribution in [2.45, 2.75) is 159 Å². The van der Waals surface area contributed by atoms with Crippen LogP contribution < -0.4 is 5.32 Å². The quantitative estimate of drug-likeness (QED) is 0.0648. The van der Waals surface area contributed by atoms with Crippen molar-refractivity contribution in [1.82, 2.24) is 5.32 Å². The fraction of sp³-hybridized carbons (Fsp3) is 0.794. The summed E-state index contributed by atoms with van der Waals surface area (Å²) < 4.78 is 11.1. The summed E-state index contributed by atoms with van der Waals surface area (Å²) in [5.41, 5.74) is 0. The number of amides is 1. The van der Waals surface area contributed by atoms with Crippen LogP contribution in [0.5, 0.6) is 0 Å². The predicted molar refractivity (Wildman–Crippen MR) is 170 cm³/mol. The second-order valence-electron chi connectivity index (χ2n) is 11.6. The largest absolute Gasteiger partial charge is 0.394 e. The molecule has 7 atom stereocenters. The molecule has 0 spiro atoms. The van der Waals surface area contributed by atoms with E-state index in [1.807, 2.05) is 6.08 Å². The van der Waals surface area contributed by atoms with Gasteiger partial charge in [-0.2, -0.15) is 0 Å². The molecule has 0 bridgehead atoms. The lowest BCUT2D eigenvalue weighted by atomic mass is 9.99. The minimum atomic E-state index is -1.57. The molecule has 9 nitrogen and oxygen atoms in total. The van der Waals surface area contributed by atoms with Crippen molar-refractivity contribution >= 4 is 5.91 Å². The summed E-state index contributed by atoms with van der Waals surface area (Å²) in [7, 11) is 0. The van der Waals surface area contributed by atoms with Gasteiger partial charge in [-0.25, -0.2) is 0 Å². The number of unbranched alkanes of at least 4 members (excludes halogenated alkanes) is 11. The standard InChI is InChI=1S/C34H61NO8/c1-3-5-7-9-11-12-13-14-15-16-18-19-21-23-28(37)27(35-30(38)24-22-20-17-10-8-6-4-2)26-42-34-33(41)32(40)31(39)29(25-36)43-34/h11-12,15-16,21,23,27-29,31-34,36-37,39-41H,3-10,13-14,17-20,22,24-26H2,1-2H3,(H,35,38)/b12-11+,16-15+,23-21+. The lowest BCUT2D eigenvalue weighted by Crippen LogP contribution is -2.60. The smallest absolute Gasteiger partial charge is 0.220 e. The van der Waals surface area contributed by atoms with E-state index in [0.29, 0.717) is 6.42 Å². The summed E-state index contributed by atoms with van der Waals surface area (Å²) in [4.78, 5) is 12.7. The first-order valence-corrected chi connectivity index (χ1v) is 16.7. The molecule has 0 saturated carbocycles. The number of carbonyl (C=O) groups is 1. The maximum Gasteiger partial charge on any atom is 0.220 e. The van der Waals surface area contributed by atoms with E-state index in [-0.39, 0.29) is 12.5 Å². The number of hydrogen-bond donors (Lipinski definition) is 6. The Morgan fingerprint density at radius 1 is 0.767 bits per heavy atom. The molecule has 7 unspecified atom stereocenters. The summed E-state index contributed by atoms with van der Waals surface area (Å²) in [5.74, 6) is -0.203. The molecule has 1 amide bonds. The molecule has 0 radical (unpaired) electrons. The Bertz CT molecular complexity index is 771. The number of ether oxygens (including phenoxy) is 2. The van der Waals surface area contributed by atoms with Gasteiger partial charge in [0.25, 0.3) is 0 Å². The normalized spacial score (nSPS) is 24.3. The number of nitrogens with one attached hydrogen (secondary N) is 1. The fourth-order valence-electron chi connectivity index (χ4n) is 4.89. The molecule has 250 valence electrons. The van der Waals surface area contributed by atoms with Crippen molar-refractivity contribution in [3.05, 3.63) is 36.5 Å². The summed E-state index contributed by atoms with van der Waals surface area (Å²) in [5, 5.41) is 53.5. The lowest BCUT2D eigenvalue weighted by Gasteiger charge is -2.40. The van der Waals surface area contributed by atoms with Gasteiger partial charge in [-0.05, 0) is 44.9 Å². The van der Waals surface area contributed by atoms with Crippen LogP contribution in [0.1, 0.15) is 117 Å². The van der Waals surface area contributed by atoms with Crippen LogP contribution in [0.25, 0.3) is 0 Å². The Hall–Kier alpha value is -1.59. The van der Waals surface area contributed by atoms with Crippen molar-refractivity contribution in [3.8, 4) is 0 Å². The van der Waals surface area contributed by atoms with Gasteiger partial charge in [-0.1, -0.05) is 102 Å². The third-order valence-corrected chi connectivity index (χ3v) is 7.70. The van der Waals surface area contributed by atoms with Gasteiger partial charge < -0.3 is 40.3 Å². The molecule has 0 aromatic rings. The van der Waals surface area contributed by atoms with Crippen molar-refractivity contribution in [2.24, 2.45) is 0 Å². The topological polar surface area (TPSA) is 149 Å². The van der Waals surface area contributed by atoms with Gasteiger partial charge in [0.05, 0.1) is 25.4 Å². The van der Waals surface area contributed by atoms with Crippen LogP contribution in [0.15, 0.2) is 36.5 Å². The minimum Gasteiger partial charge on any atom is -0.394 e. The van der Waals surface area contributed by atoms with Crippen molar-refractivity contribution in [2.75, 3.05) is 13.2 Å². The van der Waals surface area contributed by atoms with Crippen LogP contribution in [0.3, 0.4) is 0 Å². The van der Waals surface area contributed by atoms with Crippen molar-refractivity contribution in [3.63, 3.8) is 0 Å². The molecule has 1 saturated heterocycles. The second kappa shape index (κ2) is 25.7. The van der Waals surface area contributed by atoms with Crippen LogP contribution in [0.4, 0.5) is 0 Å². The highest BCUT2D eigenvalue weighted by Gasteiger charge is 2.44. The van der Waals surface area contributed by atoms with E-state index >= 15 is 0 Å². The molecule has 6 N–H and O–H groups in total. The zero-order valence-electron chi connectivity index (χ0n) is 26.7. The van der Waals surface area contributed by atoms with E-state index in [9.17, 15) is 30.3 Å². The van der Waals surface area contributed by atoms with E-state index in [2.05, 4.69) is 43.5 Å². The highest BCUT2D eigenvalue weighted by Crippen LogP contribution is 2.22. The average Bonchev–Trinajstić information content (AvgIpc) is 3.00. The number of hydrogen-bond acceptors (Lipinski definition) is 8. The summed E-state index contributed by atoms with van der Waals surface area (Å²) >= 11 is 0. The third kappa shape index (κ3) is 18.1. The second-order valence-corrected chi connectivity index (χ2v) is 11.6. The number of aliphatic hydroxyl groups is 5. The fourth-order valence-corrected chi connectivity index (χ4v) is 4.89. The Balaban J connectivity index is 2.58. The monoisotopic (exact) mass is 611 g/mol. The van der Waals surface area contributed by atoms with E-state index in [1.165, 1.54) is 44.9 Å². The van der Waals surface area contributed by atoms with Crippen LogP contribution in [0.2, 0.25) is 0 Å². The first-order chi connectivity index (χ1) is 20.8. The number of rotatable bonds is 25. The first kappa shape index (κ1) is 39.4. The molecule has 1 fully saturated rings. The SMILES string of the molecule is CCCCC/C=C/CC/C=C/CC/C=C/C(O)C(COC1OC(CO)C(O)C(O)C1O)NC(=O)CCCCCCCCC. The van der Waals surface area contributed by atoms with Crippen LogP contribution in [-0.4, -0.2) is 87.5 Å². The van der Waals surface area contributed by atoms with Crippen molar-refractivity contribution < 1.29 is 39.8 Å². The van der Waals surface area contributed by atoms with Crippen LogP contribution >= 0.6 is 0 Å². The van der Waals surface area contributed by atoms with E-state index in [4.69, 9.17) is 9.47 Å². The van der Waals surface area contributed by atoms with E-state index in [1.54, 1.807) is 6.08 Å². The van der Waals surface area contributed by atoms with Crippen LogP contribution in [0, 0.1) is 0 Å². The molecular formula is C34H61NO8. The Morgan fingerprint density at radius 2 is 1.33 bits per heavy atom. The molecule has 0 aromatic heterocycles. The molecule has 43 heavy (non-hydrogen) atoms. The number of carbonyl (C=O) groups excluding carboxylic acids is 1. The van der Waals surface area contributed by atoms with E-state index < -0.39 is 49.5 Å². The van der Waals surface area contributed by atoms with Gasteiger partial charge in [0.1, 0.15) is 24.4 Å². The van der Waals surface area contributed by atoms with Crippen LogP contribution in [-0.2, 0) is 14.3 Å². The summed E-state index contributed by atoms with van der Waals surface area (Å²) in [6.45, 7) is 3.61. The Morgan fingerprint density at radius 3 is 1.95 bits per heavy atom. The number of aliphatic hydroxyl groups excluding tert-OH is 5. The molecule has 1 aliphatic heterocycles. The summed E-state index contributed by atoms with van der Waals surface area (Å²) in [6.07, 6.45) is 20.7. The molecular weight excluding hydrogens is 550 g/mol. The first-order valence-electron chi connectivity index (χ1n) is 16.7. The molecule has 9 heteroatoms. The van der Waals surface area contributed by atoms with Gasteiger partial charge in [-0.3, -0.25) is 4.79 Å². The lowest BCUT2D eigenvalue weighted by molar-refractivity contribution is -0.302. The summed E-state index contributed by atoms with van der Waals surface area (Å²) in [6, 6.07) is -0.819. The van der Waals surface area contributed by atoms with Crippen molar-refractivity contribution in [1.29, 1.82) is 0 Å². The average molecular weight is 612 g/mol. The Kier molecular flexibility index (Phi) is 23.6. The third-order valence-electron chi connectivity index (χ3n) is 7.70. The minimum absolute atomic E-state index is 0.203. The van der Waals surface area contributed by atoms with Gasteiger partial charge >= 0.3 is 0 Å². The molecule has 1 rings (SSSR count). The molecule has 1 heterocycles. The number of allylic oxidation sites excluding steroid dienone is 5. The molecule has 0 aromatic carbocycles. The molecule has 1 aliphatic rings. The van der Waals surface area contributed by atoms with E-state index in [0.717, 1.165) is 51.4 Å². The Labute approximate surface area is 260 Å². The zero-order chi connectivity index (χ0) is 31.7. The van der Waals surface area contributed by atoms with Gasteiger partial charge in [-0.15, -0.1) is 0 Å². The predicted octanol–water partition coefficient (Wildman–Crippen LogP) is 4.60. The highest BCUT2D eigenvalue weighted by atomic mass is 16.7.